The molecule has 3 heterocycles. The number of aromatic nitrogens is 3. The van der Waals surface area contributed by atoms with Gasteiger partial charge >= 0.3 is 6.18 Å². The van der Waals surface area contributed by atoms with Crippen LogP contribution in [0.4, 0.5) is 30.5 Å². The van der Waals surface area contributed by atoms with Gasteiger partial charge in [0.05, 0.1) is 23.3 Å². The van der Waals surface area contributed by atoms with Crippen LogP contribution in [0, 0.1) is 13.8 Å². The minimum atomic E-state index is -4.49. The fourth-order valence-electron chi connectivity index (χ4n) is 2.94. The molecule has 1 aliphatic rings. The van der Waals surface area contributed by atoms with Gasteiger partial charge in [0.15, 0.2) is 11.6 Å². The fourth-order valence-corrected chi connectivity index (χ4v) is 2.94. The van der Waals surface area contributed by atoms with Crippen molar-refractivity contribution in [2.24, 2.45) is 0 Å². The minimum Gasteiger partial charge on any atom is -0.350 e. The smallest absolute Gasteiger partial charge is 0.350 e. The summed E-state index contributed by atoms with van der Waals surface area (Å²) in [5.41, 5.74) is 0.868. The first-order chi connectivity index (χ1) is 13.7. The Bertz CT molecular complexity index is 905. The number of pyridine rings is 1. The van der Waals surface area contributed by atoms with Gasteiger partial charge in [-0.3, -0.25) is 4.79 Å². The van der Waals surface area contributed by atoms with Crippen LogP contribution in [-0.4, -0.2) is 51.9 Å². The van der Waals surface area contributed by atoms with Crippen molar-refractivity contribution in [2.75, 3.05) is 36.4 Å². The molecule has 154 valence electrons. The van der Waals surface area contributed by atoms with E-state index in [0.717, 1.165) is 18.0 Å². The largest absolute Gasteiger partial charge is 0.433 e. The third kappa shape index (κ3) is 4.64. The molecule has 1 aliphatic heterocycles. The number of halogens is 3. The topological polar surface area (TPSA) is 74.2 Å². The molecule has 0 saturated carbocycles. The number of carbonyl (C=O) groups excluding carboxylic acids is 1. The van der Waals surface area contributed by atoms with Crippen LogP contribution < -0.4 is 10.2 Å². The van der Waals surface area contributed by atoms with Gasteiger partial charge in [-0.2, -0.15) is 13.2 Å². The van der Waals surface area contributed by atoms with Crippen LogP contribution >= 0.6 is 0 Å². The Morgan fingerprint density at radius 2 is 1.79 bits per heavy atom. The molecule has 1 fully saturated rings. The average molecular weight is 406 g/mol. The SMILES string of the molecule is C=CC(=O)N1CCN(c2nc(C)c(C)nc2Nc2ccc(C(F)(F)F)nc2)CC1. The highest BCUT2D eigenvalue weighted by atomic mass is 19.4. The van der Waals surface area contributed by atoms with Crippen molar-refractivity contribution < 1.29 is 18.0 Å². The van der Waals surface area contributed by atoms with Gasteiger partial charge in [-0.1, -0.05) is 6.58 Å². The number of hydrogen-bond donors (Lipinski definition) is 1. The van der Waals surface area contributed by atoms with E-state index in [4.69, 9.17) is 0 Å². The average Bonchev–Trinajstić information content (AvgIpc) is 2.70. The van der Waals surface area contributed by atoms with Crippen LogP contribution in [0.25, 0.3) is 0 Å². The van der Waals surface area contributed by atoms with Crippen LogP contribution in [0.5, 0.6) is 0 Å². The molecule has 7 nitrogen and oxygen atoms in total. The van der Waals surface area contributed by atoms with E-state index in [1.54, 1.807) is 4.90 Å². The number of amides is 1. The first-order valence-corrected chi connectivity index (χ1v) is 9.01. The lowest BCUT2D eigenvalue weighted by atomic mass is 10.2. The maximum atomic E-state index is 12.7. The summed E-state index contributed by atoms with van der Waals surface area (Å²) in [6, 6.07) is 2.22. The highest BCUT2D eigenvalue weighted by Gasteiger charge is 2.32. The second kappa shape index (κ2) is 8.06. The van der Waals surface area contributed by atoms with Crippen LogP contribution in [0.2, 0.25) is 0 Å². The Morgan fingerprint density at radius 3 is 2.34 bits per heavy atom. The van der Waals surface area contributed by atoms with E-state index < -0.39 is 11.9 Å². The van der Waals surface area contributed by atoms with Gasteiger partial charge in [0.2, 0.25) is 5.91 Å². The third-order valence-corrected chi connectivity index (χ3v) is 4.67. The fraction of sp³-hybridized carbons (Fsp3) is 0.368. The summed E-state index contributed by atoms with van der Waals surface area (Å²) in [7, 11) is 0. The van der Waals surface area contributed by atoms with Crippen molar-refractivity contribution in [3.63, 3.8) is 0 Å². The summed E-state index contributed by atoms with van der Waals surface area (Å²) in [5, 5.41) is 3.02. The summed E-state index contributed by atoms with van der Waals surface area (Å²) in [5.74, 6) is 0.891. The number of carbonyl (C=O) groups is 1. The molecule has 0 spiro atoms. The van der Waals surface area contributed by atoms with Crippen LogP contribution in [-0.2, 0) is 11.0 Å². The van der Waals surface area contributed by atoms with Crippen molar-refractivity contribution in [1.29, 1.82) is 0 Å². The number of nitrogens with one attached hydrogen (secondary N) is 1. The molecule has 2 aromatic rings. The first kappa shape index (κ1) is 20.6. The van der Waals surface area contributed by atoms with Crippen LogP contribution in [0.1, 0.15) is 17.1 Å². The molecule has 0 radical (unpaired) electrons. The molecule has 1 saturated heterocycles. The maximum absolute atomic E-state index is 12.7. The Morgan fingerprint density at radius 1 is 1.14 bits per heavy atom. The Kier molecular flexibility index (Phi) is 5.71. The van der Waals surface area contributed by atoms with Crippen molar-refractivity contribution >= 4 is 23.2 Å². The number of hydrogen-bond acceptors (Lipinski definition) is 6. The molecule has 1 amide bonds. The molecule has 0 bridgehead atoms. The summed E-state index contributed by atoms with van der Waals surface area (Å²) in [6.45, 7) is 9.29. The predicted molar refractivity (Wildman–Crippen MR) is 103 cm³/mol. The lowest BCUT2D eigenvalue weighted by molar-refractivity contribution is -0.141. The Hall–Kier alpha value is -3.17. The quantitative estimate of drug-likeness (QED) is 0.787. The highest BCUT2D eigenvalue weighted by molar-refractivity contribution is 5.87. The molecule has 0 atom stereocenters. The van der Waals surface area contributed by atoms with E-state index in [9.17, 15) is 18.0 Å². The second-order valence-corrected chi connectivity index (χ2v) is 6.64. The van der Waals surface area contributed by atoms with Gasteiger partial charge in [0, 0.05) is 26.2 Å². The van der Waals surface area contributed by atoms with Gasteiger partial charge in [0.1, 0.15) is 5.69 Å². The summed E-state index contributed by atoms with van der Waals surface area (Å²) in [6.07, 6.45) is -2.09. The lowest BCUT2D eigenvalue weighted by Crippen LogP contribution is -2.48. The molecule has 0 aromatic carbocycles. The van der Waals surface area contributed by atoms with Gasteiger partial charge in [-0.05, 0) is 32.1 Å². The molecule has 2 aromatic heterocycles. The lowest BCUT2D eigenvalue weighted by Gasteiger charge is -2.35. The van der Waals surface area contributed by atoms with Gasteiger partial charge in [0.25, 0.3) is 0 Å². The van der Waals surface area contributed by atoms with E-state index in [1.165, 1.54) is 12.1 Å². The molecule has 10 heteroatoms. The molecular weight excluding hydrogens is 385 g/mol. The number of aryl methyl sites for hydroxylation is 2. The second-order valence-electron chi connectivity index (χ2n) is 6.64. The zero-order chi connectivity index (χ0) is 21.2. The predicted octanol–water partition coefficient (Wildman–Crippen LogP) is 3.09. The van der Waals surface area contributed by atoms with Crippen molar-refractivity contribution in [3.8, 4) is 0 Å². The van der Waals surface area contributed by atoms with E-state index in [2.05, 4.69) is 26.8 Å². The highest BCUT2D eigenvalue weighted by Crippen LogP contribution is 2.30. The van der Waals surface area contributed by atoms with E-state index >= 15 is 0 Å². The van der Waals surface area contributed by atoms with E-state index in [-0.39, 0.29) is 5.91 Å². The number of nitrogens with zero attached hydrogens (tertiary/aromatic N) is 5. The normalized spacial score (nSPS) is 14.7. The van der Waals surface area contributed by atoms with Crippen molar-refractivity contribution in [3.05, 3.63) is 48.1 Å². The van der Waals surface area contributed by atoms with Crippen molar-refractivity contribution in [1.82, 2.24) is 19.9 Å². The minimum absolute atomic E-state index is 0.120. The Balaban J connectivity index is 1.83. The summed E-state index contributed by atoms with van der Waals surface area (Å²) >= 11 is 0. The van der Waals surface area contributed by atoms with Crippen LogP contribution in [0.15, 0.2) is 31.0 Å². The standard InChI is InChI=1S/C19H21F3N6O/c1-4-16(29)27-7-9-28(10-8-27)18-17(24-12(2)13(3)25-18)26-14-5-6-15(23-11-14)19(20,21)22/h4-6,11H,1,7-10H2,2-3H3,(H,24,26). The monoisotopic (exact) mass is 406 g/mol. The number of piperazine rings is 1. The first-order valence-electron chi connectivity index (χ1n) is 9.01. The zero-order valence-electron chi connectivity index (χ0n) is 16.1. The van der Waals surface area contributed by atoms with Gasteiger partial charge in [-0.15, -0.1) is 0 Å². The summed E-state index contributed by atoms with van der Waals surface area (Å²) in [4.78, 5) is 28.1. The zero-order valence-corrected chi connectivity index (χ0v) is 16.1. The van der Waals surface area contributed by atoms with Gasteiger partial charge in [-0.25, -0.2) is 15.0 Å². The molecule has 1 N–H and O–H groups in total. The molecule has 0 unspecified atom stereocenters. The van der Waals surface area contributed by atoms with Crippen LogP contribution in [0.3, 0.4) is 0 Å². The van der Waals surface area contributed by atoms with E-state index in [1.807, 2.05) is 18.7 Å². The number of anilines is 3. The third-order valence-electron chi connectivity index (χ3n) is 4.67. The molecule has 29 heavy (non-hydrogen) atoms. The number of alkyl halides is 3. The molecular formula is C19H21F3N6O. The number of rotatable bonds is 4. The van der Waals surface area contributed by atoms with E-state index in [0.29, 0.717) is 49.2 Å². The van der Waals surface area contributed by atoms with Crippen molar-refractivity contribution in [2.45, 2.75) is 20.0 Å². The molecule has 3 rings (SSSR count). The summed E-state index contributed by atoms with van der Waals surface area (Å²) < 4.78 is 38.2. The maximum Gasteiger partial charge on any atom is 0.433 e. The Labute approximate surface area is 166 Å². The molecule has 0 aliphatic carbocycles. The van der Waals surface area contributed by atoms with Gasteiger partial charge < -0.3 is 15.1 Å².